The van der Waals surface area contributed by atoms with Gasteiger partial charge in [0, 0.05) is 16.9 Å². The first kappa shape index (κ1) is 11.8. The maximum Gasteiger partial charge on any atom is 0.157 e. The Morgan fingerprint density at radius 2 is 2.25 bits per heavy atom. The fourth-order valence-electron chi connectivity index (χ4n) is 1.42. The molecule has 0 saturated carbocycles. The number of rotatable bonds is 4. The number of fused-ring (bicyclic) bond motifs is 1. The van der Waals surface area contributed by atoms with Crippen molar-refractivity contribution in [2.75, 3.05) is 6.61 Å². The third kappa shape index (κ3) is 2.51. The molecule has 86 valence electrons. The molecule has 3 nitrogen and oxygen atoms in total. The van der Waals surface area contributed by atoms with Crippen LogP contribution in [0.25, 0.3) is 10.2 Å². The standard InChI is InChI=1S/C11H13ClN2OS/c1-3-4-15-6-9-13-10(12)8-5-7(2)16-11(8)14-9/h5H,3-4,6H2,1-2H3. The summed E-state index contributed by atoms with van der Waals surface area (Å²) in [5, 5.41) is 1.45. The number of thiophene rings is 1. The zero-order valence-electron chi connectivity index (χ0n) is 9.29. The Morgan fingerprint density at radius 3 is 3.00 bits per heavy atom. The Balaban J connectivity index is 2.27. The second-order valence-electron chi connectivity index (χ2n) is 3.56. The van der Waals surface area contributed by atoms with Crippen molar-refractivity contribution in [1.29, 1.82) is 0 Å². The molecule has 0 N–H and O–H groups in total. The molecule has 0 saturated heterocycles. The molecule has 0 radical (unpaired) electrons. The predicted octanol–water partition coefficient (Wildman–Crippen LogP) is 3.58. The van der Waals surface area contributed by atoms with Gasteiger partial charge in [-0.2, -0.15) is 0 Å². The third-order valence-electron chi connectivity index (χ3n) is 2.10. The fraction of sp³-hybridized carbons (Fsp3) is 0.455. The summed E-state index contributed by atoms with van der Waals surface area (Å²) >= 11 is 7.72. The molecule has 0 amide bonds. The quantitative estimate of drug-likeness (QED) is 0.620. The average molecular weight is 257 g/mol. The van der Waals surface area contributed by atoms with E-state index in [1.165, 1.54) is 4.88 Å². The van der Waals surface area contributed by atoms with Gasteiger partial charge < -0.3 is 4.74 Å². The molecule has 0 unspecified atom stereocenters. The van der Waals surface area contributed by atoms with Crippen LogP contribution in [-0.2, 0) is 11.3 Å². The van der Waals surface area contributed by atoms with Gasteiger partial charge in [0.2, 0.25) is 0 Å². The zero-order chi connectivity index (χ0) is 11.5. The van der Waals surface area contributed by atoms with Crippen molar-refractivity contribution in [2.45, 2.75) is 26.9 Å². The van der Waals surface area contributed by atoms with E-state index in [1.807, 2.05) is 13.0 Å². The van der Waals surface area contributed by atoms with E-state index in [0.717, 1.165) is 23.2 Å². The lowest BCUT2D eigenvalue weighted by Gasteiger charge is -2.02. The van der Waals surface area contributed by atoms with Crippen molar-refractivity contribution in [3.05, 3.63) is 21.9 Å². The van der Waals surface area contributed by atoms with Crippen LogP contribution < -0.4 is 0 Å². The van der Waals surface area contributed by atoms with E-state index in [2.05, 4.69) is 16.9 Å². The van der Waals surface area contributed by atoms with Crippen LogP contribution in [0, 0.1) is 6.92 Å². The monoisotopic (exact) mass is 256 g/mol. The summed E-state index contributed by atoms with van der Waals surface area (Å²) in [6.07, 6.45) is 0.994. The highest BCUT2D eigenvalue weighted by atomic mass is 35.5. The molecule has 16 heavy (non-hydrogen) atoms. The number of hydrogen-bond donors (Lipinski definition) is 0. The van der Waals surface area contributed by atoms with Gasteiger partial charge in [-0.15, -0.1) is 11.3 Å². The van der Waals surface area contributed by atoms with E-state index >= 15 is 0 Å². The van der Waals surface area contributed by atoms with Crippen molar-refractivity contribution >= 4 is 33.2 Å². The molecule has 2 aromatic heterocycles. The topological polar surface area (TPSA) is 35.0 Å². The van der Waals surface area contributed by atoms with Gasteiger partial charge in [0.25, 0.3) is 0 Å². The largest absolute Gasteiger partial charge is 0.373 e. The molecule has 0 aliphatic heterocycles. The Kier molecular flexibility index (Phi) is 3.74. The predicted molar refractivity (Wildman–Crippen MR) is 67.1 cm³/mol. The Morgan fingerprint density at radius 1 is 1.44 bits per heavy atom. The molecule has 0 aliphatic rings. The highest BCUT2D eigenvalue weighted by Gasteiger charge is 2.08. The van der Waals surface area contributed by atoms with E-state index in [0.29, 0.717) is 17.6 Å². The maximum atomic E-state index is 6.09. The number of halogens is 1. The average Bonchev–Trinajstić information content (AvgIpc) is 2.60. The number of hydrogen-bond acceptors (Lipinski definition) is 4. The van der Waals surface area contributed by atoms with Crippen molar-refractivity contribution in [2.24, 2.45) is 0 Å². The van der Waals surface area contributed by atoms with Crippen LogP contribution in [0.4, 0.5) is 0 Å². The Labute approximate surface area is 103 Å². The highest BCUT2D eigenvalue weighted by molar-refractivity contribution is 7.18. The number of aromatic nitrogens is 2. The van der Waals surface area contributed by atoms with E-state index in [9.17, 15) is 0 Å². The summed E-state index contributed by atoms with van der Waals surface area (Å²) in [5.41, 5.74) is 0. The van der Waals surface area contributed by atoms with E-state index in [1.54, 1.807) is 11.3 Å². The summed E-state index contributed by atoms with van der Waals surface area (Å²) in [6.45, 7) is 5.26. The normalized spacial score (nSPS) is 11.2. The molecule has 0 fully saturated rings. The van der Waals surface area contributed by atoms with Gasteiger partial charge >= 0.3 is 0 Å². The molecule has 0 bridgehead atoms. The molecule has 0 atom stereocenters. The van der Waals surface area contributed by atoms with Crippen LogP contribution in [0.5, 0.6) is 0 Å². The molecule has 2 heterocycles. The van der Waals surface area contributed by atoms with Crippen molar-refractivity contribution in [1.82, 2.24) is 9.97 Å². The molecule has 0 spiro atoms. The first-order chi connectivity index (χ1) is 7.70. The lowest BCUT2D eigenvalue weighted by Crippen LogP contribution is -2.00. The van der Waals surface area contributed by atoms with E-state index < -0.39 is 0 Å². The molecule has 5 heteroatoms. The number of ether oxygens (including phenoxy) is 1. The smallest absolute Gasteiger partial charge is 0.157 e. The lowest BCUT2D eigenvalue weighted by atomic mass is 10.4. The molecular formula is C11H13ClN2OS. The van der Waals surface area contributed by atoms with Crippen LogP contribution >= 0.6 is 22.9 Å². The first-order valence-corrected chi connectivity index (χ1v) is 6.40. The van der Waals surface area contributed by atoms with Gasteiger partial charge in [0.05, 0.1) is 0 Å². The fourth-order valence-corrected chi connectivity index (χ4v) is 2.62. The number of aryl methyl sites for hydroxylation is 1. The van der Waals surface area contributed by atoms with Gasteiger partial charge in [-0.1, -0.05) is 18.5 Å². The van der Waals surface area contributed by atoms with Crippen LogP contribution in [0.2, 0.25) is 5.15 Å². The number of nitrogens with zero attached hydrogens (tertiary/aromatic N) is 2. The molecule has 2 aromatic rings. The van der Waals surface area contributed by atoms with Gasteiger partial charge in [-0.3, -0.25) is 0 Å². The summed E-state index contributed by atoms with van der Waals surface area (Å²) < 4.78 is 5.40. The minimum atomic E-state index is 0.431. The van der Waals surface area contributed by atoms with Crippen LogP contribution in [0.1, 0.15) is 24.0 Å². The van der Waals surface area contributed by atoms with E-state index in [4.69, 9.17) is 16.3 Å². The van der Waals surface area contributed by atoms with Gasteiger partial charge in [0.15, 0.2) is 5.82 Å². The Bertz CT molecular complexity index is 498. The van der Waals surface area contributed by atoms with Gasteiger partial charge in [0.1, 0.15) is 16.6 Å². The second-order valence-corrected chi connectivity index (χ2v) is 5.15. The highest BCUT2D eigenvalue weighted by Crippen LogP contribution is 2.28. The lowest BCUT2D eigenvalue weighted by molar-refractivity contribution is 0.116. The third-order valence-corrected chi connectivity index (χ3v) is 3.33. The summed E-state index contributed by atoms with van der Waals surface area (Å²) in [5.74, 6) is 0.660. The minimum Gasteiger partial charge on any atom is -0.373 e. The van der Waals surface area contributed by atoms with E-state index in [-0.39, 0.29) is 0 Å². The van der Waals surface area contributed by atoms with Crippen LogP contribution in [0.15, 0.2) is 6.07 Å². The van der Waals surface area contributed by atoms with Crippen LogP contribution in [0.3, 0.4) is 0 Å². The maximum absolute atomic E-state index is 6.09. The van der Waals surface area contributed by atoms with Gasteiger partial charge in [-0.25, -0.2) is 9.97 Å². The summed E-state index contributed by atoms with van der Waals surface area (Å²) in [4.78, 5) is 10.8. The minimum absolute atomic E-state index is 0.431. The zero-order valence-corrected chi connectivity index (χ0v) is 10.9. The molecule has 0 aliphatic carbocycles. The van der Waals surface area contributed by atoms with Crippen molar-refractivity contribution < 1.29 is 4.74 Å². The molecule has 0 aromatic carbocycles. The van der Waals surface area contributed by atoms with Gasteiger partial charge in [-0.05, 0) is 19.4 Å². The molecule has 2 rings (SSSR count). The first-order valence-electron chi connectivity index (χ1n) is 5.21. The van der Waals surface area contributed by atoms with Crippen molar-refractivity contribution in [3.8, 4) is 0 Å². The second kappa shape index (κ2) is 5.08. The SMILES string of the molecule is CCCOCc1nc(Cl)c2cc(C)sc2n1. The van der Waals surface area contributed by atoms with Crippen molar-refractivity contribution in [3.63, 3.8) is 0 Å². The van der Waals surface area contributed by atoms with Crippen LogP contribution in [-0.4, -0.2) is 16.6 Å². The summed E-state index contributed by atoms with van der Waals surface area (Å²) in [7, 11) is 0. The Hall–Kier alpha value is -0.710. The molecular weight excluding hydrogens is 244 g/mol. The summed E-state index contributed by atoms with van der Waals surface area (Å²) in [6, 6.07) is 2.01.